The lowest BCUT2D eigenvalue weighted by Gasteiger charge is -2.31. The lowest BCUT2D eigenvalue weighted by molar-refractivity contribution is -0.118. The number of aromatic amines is 1. The van der Waals surface area contributed by atoms with Crippen molar-refractivity contribution in [2.24, 2.45) is 5.73 Å². The highest BCUT2D eigenvalue weighted by atomic mass is 16.1. The maximum Gasteiger partial charge on any atom is 0.218 e. The smallest absolute Gasteiger partial charge is 0.218 e. The molecule has 3 N–H and O–H groups in total. The summed E-state index contributed by atoms with van der Waals surface area (Å²) in [7, 11) is 0. The Hall–Kier alpha value is -3.26. The van der Waals surface area contributed by atoms with Gasteiger partial charge in [0.2, 0.25) is 5.91 Å². The number of fused-ring (bicyclic) bond motifs is 2. The molecule has 1 aliphatic heterocycles. The normalized spacial score (nSPS) is 15.7. The lowest BCUT2D eigenvalue weighted by atomic mass is 9.92. The molecule has 0 spiro atoms. The molecule has 0 aliphatic carbocycles. The van der Waals surface area contributed by atoms with E-state index in [1.54, 1.807) is 6.33 Å². The van der Waals surface area contributed by atoms with Crippen molar-refractivity contribution >= 4 is 22.6 Å². The van der Waals surface area contributed by atoms with Crippen molar-refractivity contribution in [3.63, 3.8) is 0 Å². The number of rotatable bonds is 6. The Morgan fingerprint density at radius 2 is 1.97 bits per heavy atom. The number of amides is 1. The SMILES string of the molecule is Cc1c(-c2[nH]c3ccc(C4CCN(CCC(N)=O)CC4)nc3c2C(C)C)cn2ncnc2c1C. The van der Waals surface area contributed by atoms with Crippen molar-refractivity contribution < 1.29 is 4.79 Å². The standard InChI is InChI=1S/C26H33N7O/c1-15(2)23-24(19-13-33-26(28-14-29-33)17(4)16(19)3)31-21-6-5-20(30-25(21)23)18-7-10-32(11-8-18)12-9-22(27)34/h5-6,13-15,18,31H,7-12H2,1-4H3,(H2,27,34). The van der Waals surface area contributed by atoms with Crippen LogP contribution < -0.4 is 5.73 Å². The molecule has 34 heavy (non-hydrogen) atoms. The Balaban J connectivity index is 1.50. The van der Waals surface area contributed by atoms with E-state index in [0.29, 0.717) is 18.3 Å². The fraction of sp³-hybridized carbons (Fsp3) is 0.462. The summed E-state index contributed by atoms with van der Waals surface area (Å²) in [6.07, 6.45) is 6.20. The number of aryl methyl sites for hydroxylation is 1. The highest BCUT2D eigenvalue weighted by Gasteiger charge is 2.25. The topological polar surface area (TPSA) is 105 Å². The highest BCUT2D eigenvalue weighted by molar-refractivity contribution is 5.89. The monoisotopic (exact) mass is 459 g/mol. The molecule has 1 fully saturated rings. The van der Waals surface area contributed by atoms with Crippen LogP contribution in [0.2, 0.25) is 0 Å². The van der Waals surface area contributed by atoms with Gasteiger partial charge < -0.3 is 15.6 Å². The summed E-state index contributed by atoms with van der Waals surface area (Å²) < 4.78 is 1.86. The van der Waals surface area contributed by atoms with Gasteiger partial charge in [-0.3, -0.25) is 9.78 Å². The molecular weight excluding hydrogens is 426 g/mol. The quantitative estimate of drug-likeness (QED) is 0.452. The van der Waals surface area contributed by atoms with Gasteiger partial charge in [0, 0.05) is 41.9 Å². The van der Waals surface area contributed by atoms with E-state index in [1.807, 2.05) is 4.52 Å². The molecule has 8 nitrogen and oxygen atoms in total. The molecule has 8 heteroatoms. The second-order valence-electron chi connectivity index (χ2n) is 9.85. The minimum absolute atomic E-state index is 0.230. The zero-order valence-corrected chi connectivity index (χ0v) is 20.4. The molecule has 1 aliphatic rings. The first kappa shape index (κ1) is 22.5. The van der Waals surface area contributed by atoms with Gasteiger partial charge in [-0.05, 0) is 69.0 Å². The molecule has 0 radical (unpaired) electrons. The molecule has 1 amide bonds. The summed E-state index contributed by atoms with van der Waals surface area (Å²) >= 11 is 0. The predicted molar refractivity (Wildman–Crippen MR) is 134 cm³/mol. The number of nitrogens with two attached hydrogens (primary N) is 1. The number of carbonyl (C=O) groups excluding carboxylic acids is 1. The van der Waals surface area contributed by atoms with Gasteiger partial charge in [-0.15, -0.1) is 0 Å². The average Bonchev–Trinajstić information content (AvgIpc) is 3.44. The number of nitrogens with zero attached hydrogens (tertiary/aromatic N) is 5. The Bertz CT molecular complexity index is 1360. The number of likely N-dealkylation sites (tertiary alicyclic amines) is 1. The maximum absolute atomic E-state index is 11.1. The van der Waals surface area contributed by atoms with E-state index in [0.717, 1.165) is 71.7 Å². The van der Waals surface area contributed by atoms with Crippen LogP contribution in [0, 0.1) is 13.8 Å². The number of primary amides is 1. The number of H-pyrrole nitrogens is 1. The molecule has 1 saturated heterocycles. The third-order valence-electron chi connectivity index (χ3n) is 7.35. The van der Waals surface area contributed by atoms with Crippen LogP contribution in [0.1, 0.15) is 67.3 Å². The van der Waals surface area contributed by atoms with E-state index in [4.69, 9.17) is 10.7 Å². The van der Waals surface area contributed by atoms with Gasteiger partial charge in [-0.2, -0.15) is 5.10 Å². The average molecular weight is 460 g/mol. The van der Waals surface area contributed by atoms with E-state index < -0.39 is 0 Å². The van der Waals surface area contributed by atoms with Gasteiger partial charge in [0.25, 0.3) is 0 Å². The summed E-state index contributed by atoms with van der Waals surface area (Å²) in [5, 5.41) is 4.39. The van der Waals surface area contributed by atoms with Crippen LogP contribution in [-0.2, 0) is 4.79 Å². The summed E-state index contributed by atoms with van der Waals surface area (Å²) in [6.45, 7) is 11.4. The number of hydrogen-bond donors (Lipinski definition) is 2. The molecule has 178 valence electrons. The molecule has 0 atom stereocenters. The minimum atomic E-state index is -0.230. The largest absolute Gasteiger partial charge is 0.370 e. The number of nitrogens with one attached hydrogen (secondary N) is 1. The first-order valence-corrected chi connectivity index (χ1v) is 12.2. The van der Waals surface area contributed by atoms with E-state index in [2.05, 4.69) is 66.0 Å². The molecule has 4 aromatic rings. The predicted octanol–water partition coefficient (Wildman–Crippen LogP) is 4.07. The maximum atomic E-state index is 11.1. The number of aromatic nitrogens is 5. The van der Waals surface area contributed by atoms with Crippen molar-refractivity contribution in [2.75, 3.05) is 19.6 Å². The van der Waals surface area contributed by atoms with Gasteiger partial charge >= 0.3 is 0 Å². The Kier molecular flexibility index (Phi) is 5.85. The van der Waals surface area contributed by atoms with Crippen molar-refractivity contribution in [3.8, 4) is 11.3 Å². The van der Waals surface area contributed by atoms with E-state index in [-0.39, 0.29) is 5.91 Å². The Labute approximate surface area is 199 Å². The van der Waals surface area contributed by atoms with Gasteiger partial charge in [-0.1, -0.05) is 13.8 Å². The highest BCUT2D eigenvalue weighted by Crippen LogP contribution is 2.38. The van der Waals surface area contributed by atoms with Crippen molar-refractivity contribution in [1.82, 2.24) is 29.5 Å². The number of carbonyl (C=O) groups is 1. The van der Waals surface area contributed by atoms with Gasteiger partial charge in [-0.25, -0.2) is 9.50 Å². The zero-order chi connectivity index (χ0) is 24.0. The molecule has 5 heterocycles. The van der Waals surface area contributed by atoms with Crippen LogP contribution in [0.3, 0.4) is 0 Å². The van der Waals surface area contributed by atoms with Gasteiger partial charge in [0.05, 0.1) is 16.7 Å². The molecular formula is C26H33N7O. The van der Waals surface area contributed by atoms with Crippen LogP contribution in [0.4, 0.5) is 0 Å². The molecule has 0 bridgehead atoms. The van der Waals surface area contributed by atoms with Crippen molar-refractivity contribution in [1.29, 1.82) is 0 Å². The third kappa shape index (κ3) is 3.96. The molecule has 0 aromatic carbocycles. The van der Waals surface area contributed by atoms with Gasteiger partial charge in [0.15, 0.2) is 5.65 Å². The summed E-state index contributed by atoms with van der Waals surface area (Å²) in [4.78, 5) is 26.7. The molecule has 0 saturated carbocycles. The lowest BCUT2D eigenvalue weighted by Crippen LogP contribution is -2.35. The number of piperidine rings is 1. The number of pyridine rings is 2. The molecule has 5 rings (SSSR count). The second kappa shape index (κ2) is 8.83. The third-order valence-corrected chi connectivity index (χ3v) is 7.35. The van der Waals surface area contributed by atoms with Gasteiger partial charge in [0.1, 0.15) is 6.33 Å². The van der Waals surface area contributed by atoms with Crippen LogP contribution in [0.25, 0.3) is 27.9 Å². The Morgan fingerprint density at radius 3 is 2.68 bits per heavy atom. The first-order chi connectivity index (χ1) is 16.3. The van der Waals surface area contributed by atoms with E-state index >= 15 is 0 Å². The fourth-order valence-electron chi connectivity index (χ4n) is 5.28. The summed E-state index contributed by atoms with van der Waals surface area (Å²) in [6, 6.07) is 4.36. The number of hydrogen-bond acceptors (Lipinski definition) is 5. The van der Waals surface area contributed by atoms with Crippen LogP contribution in [0.5, 0.6) is 0 Å². The van der Waals surface area contributed by atoms with E-state index in [9.17, 15) is 4.79 Å². The second-order valence-corrected chi connectivity index (χ2v) is 9.85. The van der Waals surface area contributed by atoms with Crippen LogP contribution in [0.15, 0.2) is 24.7 Å². The molecule has 4 aromatic heterocycles. The summed E-state index contributed by atoms with van der Waals surface area (Å²) in [5.74, 6) is 0.517. The Morgan fingerprint density at radius 1 is 1.21 bits per heavy atom. The van der Waals surface area contributed by atoms with Crippen LogP contribution in [-0.4, -0.2) is 55.0 Å². The van der Waals surface area contributed by atoms with Crippen LogP contribution >= 0.6 is 0 Å². The minimum Gasteiger partial charge on any atom is -0.370 e. The zero-order valence-electron chi connectivity index (χ0n) is 20.4. The fourth-order valence-corrected chi connectivity index (χ4v) is 5.28. The van der Waals surface area contributed by atoms with E-state index in [1.165, 1.54) is 11.1 Å². The van der Waals surface area contributed by atoms with Crippen molar-refractivity contribution in [2.45, 2.75) is 58.8 Å². The first-order valence-electron chi connectivity index (χ1n) is 12.2. The van der Waals surface area contributed by atoms with Crippen molar-refractivity contribution in [3.05, 3.63) is 47.0 Å². The molecule has 0 unspecified atom stereocenters. The summed E-state index contributed by atoms with van der Waals surface area (Å²) in [5.41, 5.74) is 15.4.